The third-order valence-electron chi connectivity index (χ3n) is 3.70. The summed E-state index contributed by atoms with van der Waals surface area (Å²) in [5.74, 6) is -0.556. The lowest BCUT2D eigenvalue weighted by Crippen LogP contribution is -2.37. The molecule has 0 amide bonds. The monoisotopic (exact) mass is 290 g/mol. The van der Waals surface area contributed by atoms with E-state index in [1.54, 1.807) is 5.32 Å². The third kappa shape index (κ3) is 1.59. The molecule has 1 fully saturated rings. The van der Waals surface area contributed by atoms with Gasteiger partial charge < -0.3 is 4.57 Å². The van der Waals surface area contributed by atoms with E-state index in [0.29, 0.717) is 0 Å². The van der Waals surface area contributed by atoms with Crippen molar-refractivity contribution in [3.8, 4) is 0 Å². The van der Waals surface area contributed by atoms with Gasteiger partial charge in [0.25, 0.3) is 0 Å². The third-order valence-corrected chi connectivity index (χ3v) is 3.70. The van der Waals surface area contributed by atoms with E-state index >= 15 is 0 Å². The Labute approximate surface area is 111 Å². The number of fused-ring (bicyclic) bond motifs is 1. The van der Waals surface area contributed by atoms with Crippen LogP contribution in [0.4, 0.5) is 22.0 Å². The molecular weight excluding hydrogens is 279 g/mol. The Balaban J connectivity index is 2.25. The Morgan fingerprint density at radius 1 is 1.25 bits per heavy atom. The van der Waals surface area contributed by atoms with Gasteiger partial charge in [-0.2, -0.15) is 0 Å². The predicted molar refractivity (Wildman–Crippen MR) is 63.5 cm³/mol. The lowest BCUT2D eigenvalue weighted by molar-refractivity contribution is 0.00338. The largest absolute Gasteiger partial charge is 0.350 e. The molecule has 2 nitrogen and oxygen atoms in total. The van der Waals surface area contributed by atoms with Crippen LogP contribution in [-0.2, 0) is 12.7 Å². The Morgan fingerprint density at radius 3 is 2.55 bits per heavy atom. The number of hydrogen-bond donors (Lipinski definition) is 1. The molecule has 2 heterocycles. The smallest absolute Gasteiger partial charge is 0.217 e. The summed E-state index contributed by atoms with van der Waals surface area (Å²) in [5.41, 5.74) is -3.20. The van der Waals surface area contributed by atoms with Crippen molar-refractivity contribution in [1.82, 2.24) is 9.88 Å². The first-order chi connectivity index (χ1) is 9.35. The summed E-state index contributed by atoms with van der Waals surface area (Å²) in [5, 5.41) is 1.72. The van der Waals surface area contributed by atoms with Crippen molar-refractivity contribution in [2.45, 2.75) is 24.4 Å². The molecule has 0 bridgehead atoms. The second-order valence-electron chi connectivity index (χ2n) is 4.92. The number of rotatable bonds is 1. The molecule has 20 heavy (non-hydrogen) atoms. The zero-order valence-corrected chi connectivity index (χ0v) is 10.4. The van der Waals surface area contributed by atoms with Crippen molar-refractivity contribution in [3.05, 3.63) is 35.8 Å². The highest BCUT2D eigenvalue weighted by Crippen LogP contribution is 2.45. The van der Waals surface area contributed by atoms with Crippen LogP contribution in [0.25, 0.3) is 10.9 Å². The van der Waals surface area contributed by atoms with Gasteiger partial charge in [0.1, 0.15) is 5.82 Å². The number of nitrogens with one attached hydrogen (secondary N) is 1. The van der Waals surface area contributed by atoms with E-state index < -0.39 is 30.2 Å². The maximum atomic E-state index is 14.8. The van der Waals surface area contributed by atoms with Gasteiger partial charge in [0.15, 0.2) is 18.8 Å². The Kier molecular flexibility index (Phi) is 2.79. The number of nitrogens with zero attached hydrogens (tertiary/aromatic N) is 1. The van der Waals surface area contributed by atoms with Gasteiger partial charge in [-0.3, -0.25) is 5.32 Å². The van der Waals surface area contributed by atoms with E-state index in [1.165, 1.54) is 17.7 Å². The molecule has 4 atom stereocenters. The summed E-state index contributed by atoms with van der Waals surface area (Å²) < 4.78 is 70.0. The molecule has 0 spiro atoms. The van der Waals surface area contributed by atoms with Crippen LogP contribution in [0, 0.1) is 5.82 Å². The van der Waals surface area contributed by atoms with Gasteiger partial charge in [0, 0.05) is 24.2 Å². The minimum absolute atomic E-state index is 0.151. The Bertz CT molecular complexity index is 670. The summed E-state index contributed by atoms with van der Waals surface area (Å²) in [7, 11) is 1.49. The van der Waals surface area contributed by atoms with E-state index in [9.17, 15) is 22.0 Å². The van der Waals surface area contributed by atoms with Crippen LogP contribution in [-0.4, -0.2) is 23.3 Å². The highest BCUT2D eigenvalue weighted by atomic mass is 19.2. The minimum Gasteiger partial charge on any atom is -0.350 e. The van der Waals surface area contributed by atoms with Crippen LogP contribution in [0.1, 0.15) is 5.56 Å². The summed E-state index contributed by atoms with van der Waals surface area (Å²) >= 11 is 0. The lowest BCUT2D eigenvalue weighted by Gasteiger charge is -2.22. The van der Waals surface area contributed by atoms with E-state index in [2.05, 4.69) is 0 Å². The zero-order valence-electron chi connectivity index (χ0n) is 10.4. The first-order valence-electron chi connectivity index (χ1n) is 5.98. The molecule has 2 aromatic rings. The number of halogens is 5. The molecule has 7 heteroatoms. The summed E-state index contributed by atoms with van der Waals surface area (Å²) in [6.07, 6.45) is -6.45. The molecule has 1 saturated heterocycles. The van der Waals surface area contributed by atoms with Gasteiger partial charge in [0.05, 0.1) is 5.52 Å². The maximum absolute atomic E-state index is 14.8. The Morgan fingerprint density at radius 2 is 1.95 bits per heavy atom. The quantitative estimate of drug-likeness (QED) is 0.631. The fourth-order valence-corrected chi connectivity index (χ4v) is 2.65. The second kappa shape index (κ2) is 4.18. The van der Waals surface area contributed by atoms with E-state index in [-0.39, 0.29) is 16.5 Å². The molecule has 1 N–H and O–H groups in total. The van der Waals surface area contributed by atoms with Gasteiger partial charge in [-0.15, -0.1) is 0 Å². The van der Waals surface area contributed by atoms with Crippen molar-refractivity contribution >= 4 is 10.9 Å². The van der Waals surface area contributed by atoms with Crippen molar-refractivity contribution in [1.29, 1.82) is 0 Å². The minimum atomic E-state index is -3.14. The standard InChI is InChI=1S/C13H11F5N2/c1-20-5-8(7-3-2-6(14)4-9(7)20)13(18)10(15)11(16)19-12(13)17/h2-5,10-12,19H,1H3. The zero-order chi connectivity index (χ0) is 14.7. The van der Waals surface area contributed by atoms with Crippen LogP contribution in [0.3, 0.4) is 0 Å². The van der Waals surface area contributed by atoms with Crippen LogP contribution in [0.2, 0.25) is 0 Å². The molecule has 0 saturated carbocycles. The van der Waals surface area contributed by atoms with Crippen molar-refractivity contribution in [3.63, 3.8) is 0 Å². The van der Waals surface area contributed by atoms with E-state index in [0.717, 1.165) is 18.3 Å². The molecule has 3 rings (SSSR count). The highest BCUT2D eigenvalue weighted by Gasteiger charge is 2.60. The molecule has 4 unspecified atom stereocenters. The lowest BCUT2D eigenvalue weighted by atomic mass is 9.92. The molecule has 0 aliphatic carbocycles. The molecular formula is C13H11F5N2. The summed E-state index contributed by atoms with van der Waals surface area (Å²) in [4.78, 5) is 0. The SMILES string of the molecule is Cn1cc(C2(F)C(F)NC(F)C2F)c2ccc(F)cc21. The number of aryl methyl sites for hydroxylation is 1. The van der Waals surface area contributed by atoms with Crippen molar-refractivity contribution in [2.75, 3.05) is 0 Å². The number of benzene rings is 1. The number of hydrogen-bond acceptors (Lipinski definition) is 1. The van der Waals surface area contributed by atoms with Crippen LogP contribution < -0.4 is 5.32 Å². The average molecular weight is 290 g/mol. The molecule has 108 valence electrons. The predicted octanol–water partition coefficient (Wildman–Crippen LogP) is 3.01. The first-order valence-corrected chi connectivity index (χ1v) is 5.98. The Hall–Kier alpha value is -1.63. The first kappa shape index (κ1) is 13.4. The summed E-state index contributed by atoms with van der Waals surface area (Å²) in [6, 6.07) is 3.41. The molecule has 0 radical (unpaired) electrons. The van der Waals surface area contributed by atoms with Crippen LogP contribution in [0.15, 0.2) is 24.4 Å². The van der Waals surface area contributed by atoms with E-state index in [4.69, 9.17) is 0 Å². The average Bonchev–Trinajstić information content (AvgIpc) is 2.82. The topological polar surface area (TPSA) is 17.0 Å². The van der Waals surface area contributed by atoms with Gasteiger partial charge in [-0.25, -0.2) is 22.0 Å². The van der Waals surface area contributed by atoms with Gasteiger partial charge in [0.2, 0.25) is 5.67 Å². The van der Waals surface area contributed by atoms with Gasteiger partial charge >= 0.3 is 0 Å². The maximum Gasteiger partial charge on any atom is 0.217 e. The number of alkyl halides is 4. The highest BCUT2D eigenvalue weighted by molar-refractivity contribution is 5.85. The van der Waals surface area contributed by atoms with E-state index in [1.807, 2.05) is 0 Å². The number of aromatic nitrogens is 1. The van der Waals surface area contributed by atoms with Crippen molar-refractivity contribution in [2.24, 2.45) is 7.05 Å². The fourth-order valence-electron chi connectivity index (χ4n) is 2.65. The molecule has 1 aromatic heterocycles. The van der Waals surface area contributed by atoms with Crippen LogP contribution in [0.5, 0.6) is 0 Å². The molecule has 1 aromatic carbocycles. The normalized spacial score (nSPS) is 34.0. The van der Waals surface area contributed by atoms with Gasteiger partial charge in [-0.1, -0.05) is 0 Å². The van der Waals surface area contributed by atoms with Gasteiger partial charge in [-0.05, 0) is 18.2 Å². The molecule has 1 aliphatic heterocycles. The fraction of sp³-hybridized carbons (Fsp3) is 0.385. The second-order valence-corrected chi connectivity index (χ2v) is 4.92. The van der Waals surface area contributed by atoms with Crippen LogP contribution >= 0.6 is 0 Å². The molecule has 1 aliphatic rings. The summed E-state index contributed by atoms with van der Waals surface area (Å²) in [6.45, 7) is 0. The van der Waals surface area contributed by atoms with Crippen molar-refractivity contribution < 1.29 is 22.0 Å².